The number of carbonyl (C=O) groups excluding carboxylic acids is 1. The summed E-state index contributed by atoms with van der Waals surface area (Å²) in [5.41, 5.74) is 1.10. The van der Waals surface area contributed by atoms with Gasteiger partial charge < -0.3 is 4.79 Å². The van der Waals surface area contributed by atoms with E-state index in [-0.39, 0.29) is 5.78 Å². The van der Waals surface area contributed by atoms with E-state index in [4.69, 9.17) is 0 Å². The normalized spacial score (nSPS) is 29.5. The summed E-state index contributed by atoms with van der Waals surface area (Å²) >= 11 is 0. The Bertz CT molecular complexity index is 250. The molecule has 0 heterocycles. The van der Waals surface area contributed by atoms with Gasteiger partial charge in [-0.25, -0.2) is 0 Å². The summed E-state index contributed by atoms with van der Waals surface area (Å²) in [6, 6.07) is 0. The van der Waals surface area contributed by atoms with Gasteiger partial charge in [-0.2, -0.15) is 0 Å². The van der Waals surface area contributed by atoms with Crippen molar-refractivity contribution in [3.63, 3.8) is 0 Å². The number of Topliss-reactive ketones (excluding diaryl/α,β-unsaturated/α-hetero) is 1. The van der Waals surface area contributed by atoms with Gasteiger partial charge in [0.15, 0.2) is 0 Å². The van der Waals surface area contributed by atoms with E-state index >= 15 is 0 Å². The van der Waals surface area contributed by atoms with Crippen LogP contribution in [0.25, 0.3) is 0 Å². The van der Waals surface area contributed by atoms with E-state index in [1.54, 1.807) is 0 Å². The number of hydrogen-bond acceptors (Lipinski definition) is 1. The molecule has 1 saturated carbocycles. The molecule has 19 heavy (non-hydrogen) atoms. The molecular weight excluding hydrogens is 232 g/mol. The Hall–Kier alpha value is -0.330. The predicted molar refractivity (Wildman–Crippen MR) is 87.4 cm³/mol. The number of carbonyl (C=O) groups is 1. The second kappa shape index (κ2) is 8.76. The lowest BCUT2D eigenvalue weighted by atomic mass is 9.60. The van der Waals surface area contributed by atoms with Crippen molar-refractivity contribution < 1.29 is 4.79 Å². The molecule has 0 bridgehead atoms. The Morgan fingerprint density at radius 1 is 1.21 bits per heavy atom. The fourth-order valence-electron chi connectivity index (χ4n) is 3.09. The molecule has 1 heteroatoms. The van der Waals surface area contributed by atoms with Crippen molar-refractivity contribution in [3.05, 3.63) is 0 Å². The highest BCUT2D eigenvalue weighted by atomic mass is 16.1. The maximum atomic E-state index is 9.44. The molecule has 0 radical (unpaired) electrons. The van der Waals surface area contributed by atoms with E-state index in [1.807, 2.05) is 13.8 Å². The van der Waals surface area contributed by atoms with Crippen molar-refractivity contribution in [3.8, 4) is 0 Å². The predicted octanol–water partition coefficient (Wildman–Crippen LogP) is 6.12. The summed E-state index contributed by atoms with van der Waals surface area (Å²) < 4.78 is 0. The van der Waals surface area contributed by atoms with Crippen molar-refractivity contribution in [1.29, 1.82) is 0 Å². The minimum atomic E-state index is 0.167. The van der Waals surface area contributed by atoms with Gasteiger partial charge in [0, 0.05) is 0 Å². The Morgan fingerprint density at radius 2 is 1.58 bits per heavy atom. The molecule has 116 valence electrons. The Balaban J connectivity index is 0. The van der Waals surface area contributed by atoms with Gasteiger partial charge in [0.2, 0.25) is 0 Å². The molecule has 0 saturated heterocycles. The first-order valence-electron chi connectivity index (χ1n) is 8.06. The second-order valence-corrected chi connectivity index (χ2v) is 6.80. The molecule has 3 atom stereocenters. The first-order valence-corrected chi connectivity index (χ1v) is 8.06. The van der Waals surface area contributed by atoms with Crippen LogP contribution >= 0.6 is 0 Å². The smallest absolute Gasteiger partial charge is 0.126 e. The third-order valence-corrected chi connectivity index (χ3v) is 5.50. The summed E-state index contributed by atoms with van der Waals surface area (Å²) in [6.07, 6.45) is 4.18. The quantitative estimate of drug-likeness (QED) is 0.591. The monoisotopic (exact) mass is 270 g/mol. The van der Waals surface area contributed by atoms with Crippen LogP contribution in [0.4, 0.5) is 0 Å². The molecular formula is C18H38O. The third-order valence-electron chi connectivity index (χ3n) is 5.50. The highest BCUT2D eigenvalue weighted by Gasteiger charge is 2.51. The summed E-state index contributed by atoms with van der Waals surface area (Å²) in [5.74, 6) is 1.93. The summed E-state index contributed by atoms with van der Waals surface area (Å²) in [6.45, 7) is 21.7. The van der Waals surface area contributed by atoms with Gasteiger partial charge in [-0.3, -0.25) is 0 Å². The van der Waals surface area contributed by atoms with Gasteiger partial charge in [0.1, 0.15) is 5.78 Å². The molecule has 0 aliphatic heterocycles. The van der Waals surface area contributed by atoms with Gasteiger partial charge in [-0.1, -0.05) is 61.8 Å². The zero-order chi connectivity index (χ0) is 15.9. The average Bonchev–Trinajstić information content (AvgIpc) is 2.55. The van der Waals surface area contributed by atoms with Crippen LogP contribution in [0, 0.1) is 22.7 Å². The molecule has 0 aromatic rings. The molecule has 0 amide bonds. The van der Waals surface area contributed by atoms with Gasteiger partial charge in [0.05, 0.1) is 0 Å². The third kappa shape index (κ3) is 5.28. The first-order chi connectivity index (χ1) is 8.59. The molecule has 1 aliphatic carbocycles. The van der Waals surface area contributed by atoms with Crippen LogP contribution < -0.4 is 0 Å². The number of rotatable bonds is 2. The minimum absolute atomic E-state index is 0.167. The largest absolute Gasteiger partial charge is 0.300 e. The molecule has 1 fully saturated rings. The van der Waals surface area contributed by atoms with Crippen molar-refractivity contribution in [2.75, 3.05) is 0 Å². The van der Waals surface area contributed by atoms with Crippen LogP contribution in [0.5, 0.6) is 0 Å². The first kappa shape index (κ1) is 21.0. The highest BCUT2D eigenvalue weighted by Crippen LogP contribution is 2.59. The lowest BCUT2D eigenvalue weighted by Gasteiger charge is -2.45. The fraction of sp³-hybridized carbons (Fsp3) is 0.944. The van der Waals surface area contributed by atoms with E-state index in [1.165, 1.54) is 33.1 Å². The Labute approximate surface area is 122 Å². The van der Waals surface area contributed by atoms with E-state index in [0.29, 0.717) is 10.8 Å². The zero-order valence-electron chi connectivity index (χ0n) is 15.2. The van der Waals surface area contributed by atoms with Crippen LogP contribution in [0.2, 0.25) is 0 Å². The lowest BCUT2D eigenvalue weighted by Crippen LogP contribution is -2.38. The summed E-state index contributed by atoms with van der Waals surface area (Å²) in [4.78, 5) is 9.44. The minimum Gasteiger partial charge on any atom is -0.300 e. The van der Waals surface area contributed by atoms with Gasteiger partial charge in [-0.05, 0) is 49.4 Å². The van der Waals surface area contributed by atoms with Crippen LogP contribution in [0.3, 0.4) is 0 Å². The Kier molecular flexibility index (Phi) is 9.68. The number of hydrogen-bond donors (Lipinski definition) is 0. The molecule has 0 aromatic carbocycles. The molecule has 0 spiro atoms. The lowest BCUT2D eigenvalue weighted by molar-refractivity contribution is -0.114. The van der Waals surface area contributed by atoms with Gasteiger partial charge >= 0.3 is 0 Å². The van der Waals surface area contributed by atoms with E-state index in [2.05, 4.69) is 41.5 Å². The van der Waals surface area contributed by atoms with Crippen molar-refractivity contribution >= 4 is 5.78 Å². The standard InChI is InChI=1S/C13H26.C3H6O.C2H6/c1-7-10(2)13(6)9-8-11(3)12(13,4)5;1-3(2)4;1-2/h10-11H,7-9H2,1-6H3;1-2H3;1-2H3. The molecule has 1 rings (SSSR count). The highest BCUT2D eigenvalue weighted by molar-refractivity contribution is 5.72. The maximum absolute atomic E-state index is 9.44. The van der Waals surface area contributed by atoms with Crippen molar-refractivity contribution in [1.82, 2.24) is 0 Å². The molecule has 1 nitrogen and oxygen atoms in total. The Morgan fingerprint density at radius 3 is 1.79 bits per heavy atom. The van der Waals surface area contributed by atoms with E-state index < -0.39 is 0 Å². The maximum Gasteiger partial charge on any atom is 0.126 e. The van der Waals surface area contributed by atoms with Gasteiger partial charge in [0.25, 0.3) is 0 Å². The van der Waals surface area contributed by atoms with E-state index in [0.717, 1.165) is 11.8 Å². The molecule has 3 unspecified atom stereocenters. The molecule has 0 aromatic heterocycles. The topological polar surface area (TPSA) is 17.1 Å². The zero-order valence-corrected chi connectivity index (χ0v) is 15.2. The SMILES string of the molecule is CC.CC(C)=O.CCC(C)C1(C)CCC(C)C1(C)C. The van der Waals surface area contributed by atoms with Crippen LogP contribution in [0.1, 0.15) is 88.5 Å². The molecule has 1 aliphatic rings. The number of ketones is 1. The second-order valence-electron chi connectivity index (χ2n) is 6.80. The van der Waals surface area contributed by atoms with Crippen LogP contribution in [-0.4, -0.2) is 5.78 Å². The van der Waals surface area contributed by atoms with Crippen molar-refractivity contribution in [2.24, 2.45) is 22.7 Å². The van der Waals surface area contributed by atoms with E-state index in [9.17, 15) is 4.79 Å². The van der Waals surface area contributed by atoms with Crippen LogP contribution in [0.15, 0.2) is 0 Å². The van der Waals surface area contributed by atoms with Crippen molar-refractivity contribution in [2.45, 2.75) is 88.5 Å². The average molecular weight is 271 g/mol. The molecule has 0 N–H and O–H groups in total. The van der Waals surface area contributed by atoms with Gasteiger partial charge in [-0.15, -0.1) is 0 Å². The summed E-state index contributed by atoms with van der Waals surface area (Å²) in [7, 11) is 0. The van der Waals surface area contributed by atoms with Crippen LogP contribution in [-0.2, 0) is 4.79 Å². The summed E-state index contributed by atoms with van der Waals surface area (Å²) in [5, 5.41) is 0. The fourth-order valence-corrected chi connectivity index (χ4v) is 3.09.